The van der Waals surface area contributed by atoms with Crippen LogP contribution in [0.1, 0.15) is 25.8 Å². The molecule has 0 aromatic heterocycles. The normalized spacial score (nSPS) is 20.2. The molecule has 2 rings (SSSR count). The zero-order valence-corrected chi connectivity index (χ0v) is 12.3. The van der Waals surface area contributed by atoms with E-state index in [0.29, 0.717) is 19.5 Å². The number of carbonyl (C=O) groups excluding carboxylic acids is 1. The Morgan fingerprint density at radius 2 is 2.00 bits per heavy atom. The van der Waals surface area contributed by atoms with Crippen LogP contribution in [0.2, 0.25) is 0 Å². The molecular weight excluding hydrogens is 294 g/mol. The predicted molar refractivity (Wildman–Crippen MR) is 74.4 cm³/mol. The lowest BCUT2D eigenvalue weighted by atomic mass is 9.83. The molecule has 18 heavy (non-hydrogen) atoms. The van der Waals surface area contributed by atoms with Gasteiger partial charge in [0.1, 0.15) is 0 Å². The van der Waals surface area contributed by atoms with Crippen LogP contribution in [0, 0.1) is 0 Å². The highest BCUT2D eigenvalue weighted by atomic mass is 79.9. The van der Waals surface area contributed by atoms with Crippen LogP contribution in [0.15, 0.2) is 28.7 Å². The number of nitrogens with zero attached hydrogens (tertiary/aromatic N) is 1. The number of β-amino-alcohol motifs (C(OH)–C–C–N with tert-alkyl or cyclic N) is 1. The van der Waals surface area contributed by atoms with Crippen molar-refractivity contribution >= 4 is 21.8 Å². The zero-order chi connectivity index (χ0) is 13.3. The maximum Gasteiger partial charge on any atom is 0.232 e. The predicted octanol–water partition coefficient (Wildman–Crippen LogP) is 2.32. The van der Waals surface area contributed by atoms with Crippen molar-refractivity contribution < 1.29 is 9.90 Å². The molecule has 1 saturated heterocycles. The van der Waals surface area contributed by atoms with E-state index in [1.54, 1.807) is 4.90 Å². The number of hydrogen-bond acceptors (Lipinski definition) is 2. The van der Waals surface area contributed by atoms with Gasteiger partial charge in [-0.2, -0.15) is 0 Å². The molecule has 0 radical (unpaired) electrons. The van der Waals surface area contributed by atoms with E-state index in [-0.39, 0.29) is 12.0 Å². The molecule has 1 aliphatic heterocycles. The van der Waals surface area contributed by atoms with Gasteiger partial charge in [0.15, 0.2) is 0 Å². The number of halogens is 1. The SMILES string of the molecule is CC(C)(C(=O)N1CC[C@@H](O)C1)c1ccc(Br)cc1. The minimum Gasteiger partial charge on any atom is -0.391 e. The summed E-state index contributed by atoms with van der Waals surface area (Å²) in [5, 5.41) is 9.52. The van der Waals surface area contributed by atoms with Gasteiger partial charge in [-0.25, -0.2) is 0 Å². The summed E-state index contributed by atoms with van der Waals surface area (Å²) in [6.45, 7) is 4.98. The molecular formula is C14H18BrNO2. The van der Waals surface area contributed by atoms with Gasteiger partial charge in [-0.05, 0) is 38.0 Å². The average molecular weight is 312 g/mol. The van der Waals surface area contributed by atoms with E-state index in [9.17, 15) is 9.90 Å². The van der Waals surface area contributed by atoms with Gasteiger partial charge in [-0.3, -0.25) is 4.79 Å². The first kappa shape index (κ1) is 13.6. The van der Waals surface area contributed by atoms with Gasteiger partial charge in [-0.15, -0.1) is 0 Å². The number of aliphatic hydroxyl groups is 1. The minimum absolute atomic E-state index is 0.0846. The Bertz CT molecular complexity index is 442. The molecule has 1 N–H and O–H groups in total. The Hall–Kier alpha value is -0.870. The third kappa shape index (κ3) is 2.59. The number of carbonyl (C=O) groups is 1. The van der Waals surface area contributed by atoms with E-state index in [2.05, 4.69) is 15.9 Å². The summed E-state index contributed by atoms with van der Waals surface area (Å²) in [6, 6.07) is 7.83. The molecule has 0 unspecified atom stereocenters. The molecule has 4 heteroatoms. The fourth-order valence-electron chi connectivity index (χ4n) is 2.31. The van der Waals surface area contributed by atoms with Crippen LogP contribution < -0.4 is 0 Å². The van der Waals surface area contributed by atoms with Crippen LogP contribution in [0.3, 0.4) is 0 Å². The average Bonchev–Trinajstić information content (AvgIpc) is 2.75. The summed E-state index contributed by atoms with van der Waals surface area (Å²) in [5.74, 6) is 0.0846. The maximum absolute atomic E-state index is 12.5. The Balaban J connectivity index is 2.19. The lowest BCUT2D eigenvalue weighted by Crippen LogP contribution is -2.42. The molecule has 98 valence electrons. The quantitative estimate of drug-likeness (QED) is 0.910. The molecule has 3 nitrogen and oxygen atoms in total. The van der Waals surface area contributed by atoms with E-state index in [1.807, 2.05) is 38.1 Å². The van der Waals surface area contributed by atoms with Gasteiger partial charge in [0.05, 0.1) is 11.5 Å². The van der Waals surface area contributed by atoms with Crippen LogP contribution >= 0.6 is 15.9 Å². The second kappa shape index (κ2) is 5.02. The molecule has 0 saturated carbocycles. The van der Waals surface area contributed by atoms with Crippen molar-refractivity contribution in [2.75, 3.05) is 13.1 Å². The standard InChI is InChI=1S/C14H18BrNO2/c1-14(2,10-3-5-11(15)6-4-10)13(18)16-8-7-12(17)9-16/h3-6,12,17H,7-9H2,1-2H3/t12-/m1/s1. The maximum atomic E-state index is 12.5. The Labute approximate surface area is 116 Å². The van der Waals surface area contributed by atoms with Crippen LogP contribution in [0.5, 0.6) is 0 Å². The monoisotopic (exact) mass is 311 g/mol. The van der Waals surface area contributed by atoms with Gasteiger partial charge in [0, 0.05) is 17.6 Å². The second-order valence-corrected chi connectivity index (χ2v) is 6.24. The topological polar surface area (TPSA) is 40.5 Å². The Morgan fingerprint density at radius 1 is 1.39 bits per heavy atom. The molecule has 1 aliphatic rings. The lowest BCUT2D eigenvalue weighted by molar-refractivity contribution is -0.135. The van der Waals surface area contributed by atoms with E-state index in [1.165, 1.54) is 0 Å². The van der Waals surface area contributed by atoms with E-state index in [0.717, 1.165) is 10.0 Å². The number of aliphatic hydroxyl groups excluding tert-OH is 1. The summed E-state index contributed by atoms with van der Waals surface area (Å²) < 4.78 is 1.01. The number of amides is 1. The first-order chi connectivity index (χ1) is 8.41. The lowest BCUT2D eigenvalue weighted by Gasteiger charge is -2.29. The van der Waals surface area contributed by atoms with Crippen molar-refractivity contribution in [3.63, 3.8) is 0 Å². The molecule has 0 bridgehead atoms. The number of likely N-dealkylation sites (tertiary alicyclic amines) is 1. The van der Waals surface area contributed by atoms with Crippen molar-refractivity contribution in [2.45, 2.75) is 31.8 Å². The number of hydrogen-bond donors (Lipinski definition) is 1. The number of benzene rings is 1. The summed E-state index contributed by atoms with van der Waals surface area (Å²) >= 11 is 3.39. The van der Waals surface area contributed by atoms with Crippen molar-refractivity contribution in [3.8, 4) is 0 Å². The summed E-state index contributed by atoms with van der Waals surface area (Å²) in [6.07, 6.45) is 0.317. The first-order valence-electron chi connectivity index (χ1n) is 6.15. The summed E-state index contributed by atoms with van der Waals surface area (Å²) in [7, 11) is 0. The highest BCUT2D eigenvalue weighted by Gasteiger charge is 2.36. The van der Waals surface area contributed by atoms with Crippen LogP contribution in [-0.2, 0) is 10.2 Å². The van der Waals surface area contributed by atoms with Gasteiger partial charge in [0.25, 0.3) is 0 Å². The Kier molecular flexibility index (Phi) is 3.78. The minimum atomic E-state index is -0.551. The molecule has 1 atom stereocenters. The van der Waals surface area contributed by atoms with Gasteiger partial charge >= 0.3 is 0 Å². The van der Waals surface area contributed by atoms with Crippen molar-refractivity contribution in [1.29, 1.82) is 0 Å². The summed E-state index contributed by atoms with van der Waals surface area (Å²) in [5.41, 5.74) is 0.446. The molecule has 0 aliphatic carbocycles. The smallest absolute Gasteiger partial charge is 0.232 e. The largest absolute Gasteiger partial charge is 0.391 e. The van der Waals surface area contributed by atoms with Gasteiger partial charge in [-0.1, -0.05) is 28.1 Å². The zero-order valence-electron chi connectivity index (χ0n) is 10.7. The second-order valence-electron chi connectivity index (χ2n) is 5.33. The van der Waals surface area contributed by atoms with E-state index >= 15 is 0 Å². The van der Waals surface area contributed by atoms with Crippen molar-refractivity contribution in [2.24, 2.45) is 0 Å². The van der Waals surface area contributed by atoms with E-state index < -0.39 is 5.41 Å². The van der Waals surface area contributed by atoms with Crippen LogP contribution in [0.4, 0.5) is 0 Å². The highest BCUT2D eigenvalue weighted by molar-refractivity contribution is 9.10. The summed E-state index contributed by atoms with van der Waals surface area (Å²) in [4.78, 5) is 14.3. The fraction of sp³-hybridized carbons (Fsp3) is 0.500. The molecule has 1 aromatic carbocycles. The van der Waals surface area contributed by atoms with Gasteiger partial charge in [0.2, 0.25) is 5.91 Å². The van der Waals surface area contributed by atoms with E-state index in [4.69, 9.17) is 0 Å². The third-order valence-corrected chi connectivity index (χ3v) is 4.08. The van der Waals surface area contributed by atoms with Gasteiger partial charge < -0.3 is 10.0 Å². The molecule has 0 spiro atoms. The van der Waals surface area contributed by atoms with Crippen LogP contribution in [-0.4, -0.2) is 35.1 Å². The molecule has 1 amide bonds. The first-order valence-corrected chi connectivity index (χ1v) is 6.94. The Morgan fingerprint density at radius 3 is 2.50 bits per heavy atom. The molecule has 1 aromatic rings. The van der Waals surface area contributed by atoms with Crippen LogP contribution in [0.25, 0.3) is 0 Å². The molecule has 1 fully saturated rings. The third-order valence-electron chi connectivity index (χ3n) is 3.55. The van der Waals surface area contributed by atoms with Crippen molar-refractivity contribution in [1.82, 2.24) is 4.90 Å². The highest BCUT2D eigenvalue weighted by Crippen LogP contribution is 2.28. The molecule has 1 heterocycles. The van der Waals surface area contributed by atoms with Crippen molar-refractivity contribution in [3.05, 3.63) is 34.3 Å². The fourth-order valence-corrected chi connectivity index (χ4v) is 2.58. The number of rotatable bonds is 2.